The van der Waals surface area contributed by atoms with Gasteiger partial charge in [0.25, 0.3) is 0 Å². The summed E-state index contributed by atoms with van der Waals surface area (Å²) in [6.45, 7) is 3.08. The number of nitrogens with two attached hydrogens (primary N) is 2. The minimum atomic E-state index is 0.212. The molecule has 12 heavy (non-hydrogen) atoms. The summed E-state index contributed by atoms with van der Waals surface area (Å²) in [5, 5.41) is 3.33. The van der Waals surface area contributed by atoms with Crippen LogP contribution in [0.2, 0.25) is 0 Å². The van der Waals surface area contributed by atoms with Gasteiger partial charge in [-0.05, 0) is 38.3 Å². The highest BCUT2D eigenvalue weighted by Gasteiger charge is 2.11. The maximum absolute atomic E-state index is 5.22. The van der Waals surface area contributed by atoms with E-state index in [1.807, 2.05) is 0 Å². The molecule has 0 aromatic rings. The Balaban J connectivity index is 2.09. The molecule has 0 unspecified atom stereocenters. The number of piperidine rings is 1. The first kappa shape index (κ1) is 9.32. The van der Waals surface area contributed by atoms with Gasteiger partial charge in [-0.15, -0.1) is 0 Å². The van der Waals surface area contributed by atoms with Crippen molar-refractivity contribution in [2.75, 3.05) is 19.6 Å². The van der Waals surface area contributed by atoms with Crippen LogP contribution in [0.5, 0.6) is 0 Å². The second kappa shape index (κ2) is 4.98. The Hall–Kier alpha value is -0.770. The number of guanidine groups is 1. The summed E-state index contributed by atoms with van der Waals surface area (Å²) in [6.07, 6.45) is 3.65. The normalized spacial score (nSPS) is 19.0. The van der Waals surface area contributed by atoms with Crippen molar-refractivity contribution in [3.63, 3.8) is 0 Å². The topological polar surface area (TPSA) is 76.4 Å². The van der Waals surface area contributed by atoms with Crippen LogP contribution in [-0.2, 0) is 0 Å². The van der Waals surface area contributed by atoms with Crippen molar-refractivity contribution in [1.82, 2.24) is 5.32 Å². The van der Waals surface area contributed by atoms with Crippen molar-refractivity contribution in [1.29, 1.82) is 0 Å². The first-order valence-corrected chi connectivity index (χ1v) is 4.55. The van der Waals surface area contributed by atoms with Crippen LogP contribution in [0, 0.1) is 5.92 Å². The van der Waals surface area contributed by atoms with Gasteiger partial charge in [-0.1, -0.05) is 0 Å². The zero-order valence-electron chi connectivity index (χ0n) is 7.42. The van der Waals surface area contributed by atoms with Gasteiger partial charge in [0.05, 0.1) is 0 Å². The Bertz CT molecular complexity index is 145. The highest BCUT2D eigenvalue weighted by atomic mass is 15.0. The summed E-state index contributed by atoms with van der Waals surface area (Å²) >= 11 is 0. The Morgan fingerprint density at radius 1 is 1.33 bits per heavy atom. The monoisotopic (exact) mass is 170 g/mol. The third-order valence-corrected chi connectivity index (χ3v) is 2.29. The van der Waals surface area contributed by atoms with Gasteiger partial charge in [0.1, 0.15) is 0 Å². The Kier molecular flexibility index (Phi) is 3.87. The molecular weight excluding hydrogens is 152 g/mol. The lowest BCUT2D eigenvalue weighted by Gasteiger charge is -2.21. The fourth-order valence-electron chi connectivity index (χ4n) is 1.55. The fourth-order valence-corrected chi connectivity index (χ4v) is 1.55. The molecule has 0 aromatic carbocycles. The molecule has 5 N–H and O–H groups in total. The molecule has 1 aliphatic rings. The lowest BCUT2D eigenvalue weighted by Crippen LogP contribution is -2.28. The van der Waals surface area contributed by atoms with E-state index in [9.17, 15) is 0 Å². The minimum Gasteiger partial charge on any atom is -0.370 e. The largest absolute Gasteiger partial charge is 0.370 e. The average Bonchev–Trinajstić information content (AvgIpc) is 2.05. The first-order chi connectivity index (χ1) is 5.79. The molecule has 1 fully saturated rings. The molecule has 0 aromatic heterocycles. The summed E-state index contributed by atoms with van der Waals surface area (Å²) in [7, 11) is 0. The predicted molar refractivity (Wildman–Crippen MR) is 50.9 cm³/mol. The van der Waals surface area contributed by atoms with Gasteiger partial charge < -0.3 is 16.8 Å². The van der Waals surface area contributed by atoms with Gasteiger partial charge in [0, 0.05) is 6.54 Å². The van der Waals surface area contributed by atoms with Crippen molar-refractivity contribution in [2.24, 2.45) is 22.4 Å². The maximum atomic E-state index is 5.22. The van der Waals surface area contributed by atoms with Crippen LogP contribution in [0.4, 0.5) is 0 Å². The molecule has 0 amide bonds. The third-order valence-electron chi connectivity index (χ3n) is 2.29. The molecule has 70 valence electrons. The number of hydrogen-bond acceptors (Lipinski definition) is 2. The SMILES string of the molecule is NC(N)=NCCC1CCNCC1. The standard InChI is InChI=1S/C8H18N4/c9-8(10)12-6-3-7-1-4-11-5-2-7/h7,11H,1-6H2,(H4,9,10,12). The van der Waals surface area contributed by atoms with E-state index in [2.05, 4.69) is 10.3 Å². The number of hydrogen-bond donors (Lipinski definition) is 3. The van der Waals surface area contributed by atoms with E-state index >= 15 is 0 Å². The van der Waals surface area contributed by atoms with E-state index in [4.69, 9.17) is 11.5 Å². The Labute approximate surface area is 73.4 Å². The molecule has 1 aliphatic heterocycles. The molecule has 1 rings (SSSR count). The van der Waals surface area contributed by atoms with Gasteiger partial charge in [-0.3, -0.25) is 4.99 Å². The van der Waals surface area contributed by atoms with Crippen molar-refractivity contribution in [2.45, 2.75) is 19.3 Å². The van der Waals surface area contributed by atoms with Gasteiger partial charge in [-0.2, -0.15) is 0 Å². The van der Waals surface area contributed by atoms with Crippen LogP contribution in [0.1, 0.15) is 19.3 Å². The molecule has 1 heterocycles. The number of aliphatic imine (C=N–C) groups is 1. The second-order valence-corrected chi connectivity index (χ2v) is 3.29. The van der Waals surface area contributed by atoms with Crippen molar-refractivity contribution in [3.05, 3.63) is 0 Å². The lowest BCUT2D eigenvalue weighted by molar-refractivity contribution is 0.358. The van der Waals surface area contributed by atoms with E-state index < -0.39 is 0 Å². The summed E-state index contributed by atoms with van der Waals surface area (Å²) in [4.78, 5) is 3.97. The van der Waals surface area contributed by atoms with Crippen molar-refractivity contribution >= 4 is 5.96 Å². The number of rotatable bonds is 3. The van der Waals surface area contributed by atoms with E-state index in [1.165, 1.54) is 12.8 Å². The zero-order valence-corrected chi connectivity index (χ0v) is 7.42. The van der Waals surface area contributed by atoms with E-state index in [0.717, 1.165) is 32.0 Å². The molecule has 0 radical (unpaired) electrons. The summed E-state index contributed by atoms with van der Waals surface area (Å²) < 4.78 is 0. The summed E-state index contributed by atoms with van der Waals surface area (Å²) in [6, 6.07) is 0. The molecule has 0 saturated carbocycles. The smallest absolute Gasteiger partial charge is 0.185 e. The van der Waals surface area contributed by atoms with E-state index in [1.54, 1.807) is 0 Å². The van der Waals surface area contributed by atoms with Crippen LogP contribution in [0.15, 0.2) is 4.99 Å². The number of nitrogens with zero attached hydrogens (tertiary/aromatic N) is 1. The molecule has 4 heteroatoms. The molecular formula is C8H18N4. The predicted octanol–water partition coefficient (Wildman–Crippen LogP) is -0.351. The van der Waals surface area contributed by atoms with Crippen LogP contribution < -0.4 is 16.8 Å². The maximum Gasteiger partial charge on any atom is 0.185 e. The Morgan fingerprint density at radius 3 is 2.58 bits per heavy atom. The molecule has 1 saturated heterocycles. The van der Waals surface area contributed by atoms with Crippen LogP contribution in [0.25, 0.3) is 0 Å². The van der Waals surface area contributed by atoms with Crippen LogP contribution in [0.3, 0.4) is 0 Å². The van der Waals surface area contributed by atoms with Crippen molar-refractivity contribution in [3.8, 4) is 0 Å². The molecule has 0 spiro atoms. The fraction of sp³-hybridized carbons (Fsp3) is 0.875. The highest BCUT2D eigenvalue weighted by molar-refractivity contribution is 5.75. The summed E-state index contributed by atoms with van der Waals surface area (Å²) in [5.41, 5.74) is 10.4. The van der Waals surface area contributed by atoms with Crippen LogP contribution >= 0.6 is 0 Å². The lowest BCUT2D eigenvalue weighted by atomic mass is 9.95. The highest BCUT2D eigenvalue weighted by Crippen LogP contribution is 2.15. The van der Waals surface area contributed by atoms with E-state index in [-0.39, 0.29) is 5.96 Å². The molecule has 0 atom stereocenters. The Morgan fingerprint density at radius 2 is 2.00 bits per heavy atom. The van der Waals surface area contributed by atoms with Gasteiger partial charge >= 0.3 is 0 Å². The van der Waals surface area contributed by atoms with Crippen molar-refractivity contribution < 1.29 is 0 Å². The third kappa shape index (κ3) is 3.57. The minimum absolute atomic E-state index is 0.212. The van der Waals surface area contributed by atoms with E-state index in [0.29, 0.717) is 0 Å². The quantitative estimate of drug-likeness (QED) is 0.400. The van der Waals surface area contributed by atoms with Gasteiger partial charge in [0.2, 0.25) is 0 Å². The van der Waals surface area contributed by atoms with Gasteiger partial charge in [-0.25, -0.2) is 0 Å². The molecule has 0 bridgehead atoms. The second-order valence-electron chi connectivity index (χ2n) is 3.29. The number of nitrogens with one attached hydrogen (secondary N) is 1. The van der Waals surface area contributed by atoms with Gasteiger partial charge in [0.15, 0.2) is 5.96 Å². The summed E-state index contributed by atoms with van der Waals surface area (Å²) in [5.74, 6) is 1.03. The first-order valence-electron chi connectivity index (χ1n) is 4.55. The van der Waals surface area contributed by atoms with Crippen LogP contribution in [-0.4, -0.2) is 25.6 Å². The average molecular weight is 170 g/mol. The molecule has 4 nitrogen and oxygen atoms in total. The molecule has 0 aliphatic carbocycles. The zero-order chi connectivity index (χ0) is 8.81.